The molecule has 112 valence electrons. The van der Waals surface area contributed by atoms with Gasteiger partial charge in [-0.1, -0.05) is 37.3 Å². The number of hydrogen-bond donors (Lipinski definition) is 0. The summed E-state index contributed by atoms with van der Waals surface area (Å²) in [4.78, 5) is 0. The number of hydrogen-bond acceptors (Lipinski definition) is 2. The van der Waals surface area contributed by atoms with Crippen molar-refractivity contribution in [2.45, 2.75) is 26.2 Å². The van der Waals surface area contributed by atoms with Gasteiger partial charge in [0.2, 0.25) is 0 Å². The summed E-state index contributed by atoms with van der Waals surface area (Å²) in [6.07, 6.45) is 3.35. The van der Waals surface area contributed by atoms with E-state index in [2.05, 4.69) is 49.4 Å². The van der Waals surface area contributed by atoms with Gasteiger partial charge in [-0.3, -0.25) is 0 Å². The van der Waals surface area contributed by atoms with Crippen LogP contribution >= 0.6 is 0 Å². The van der Waals surface area contributed by atoms with Crippen molar-refractivity contribution in [3.63, 3.8) is 0 Å². The van der Waals surface area contributed by atoms with Crippen molar-refractivity contribution in [2.75, 3.05) is 14.2 Å². The molecule has 1 atom stereocenters. The summed E-state index contributed by atoms with van der Waals surface area (Å²) in [5, 5.41) is 0. The molecule has 0 heterocycles. The number of ether oxygens (including phenoxy) is 2. The molecule has 0 amide bonds. The van der Waals surface area contributed by atoms with E-state index in [9.17, 15) is 0 Å². The molecule has 2 rings (SSSR count). The molecule has 0 aliphatic rings. The van der Waals surface area contributed by atoms with Crippen LogP contribution in [0, 0.1) is 5.92 Å². The Kier molecular flexibility index (Phi) is 5.68. The van der Waals surface area contributed by atoms with Crippen LogP contribution in [-0.2, 0) is 12.8 Å². The van der Waals surface area contributed by atoms with Gasteiger partial charge in [0.05, 0.1) is 14.2 Å². The average molecular weight is 284 g/mol. The fourth-order valence-corrected chi connectivity index (χ4v) is 2.55. The van der Waals surface area contributed by atoms with Gasteiger partial charge in [-0.2, -0.15) is 0 Å². The molecule has 0 radical (unpaired) electrons. The molecule has 21 heavy (non-hydrogen) atoms. The first-order valence-electron chi connectivity index (χ1n) is 7.47. The van der Waals surface area contributed by atoms with E-state index >= 15 is 0 Å². The highest BCUT2D eigenvalue weighted by Crippen LogP contribution is 2.25. The fraction of sp³-hybridized carbons (Fsp3) is 0.368. The first kappa shape index (κ1) is 15.4. The number of rotatable bonds is 7. The summed E-state index contributed by atoms with van der Waals surface area (Å²) in [6.45, 7) is 2.30. The molecule has 0 fully saturated rings. The summed E-state index contributed by atoms with van der Waals surface area (Å²) in [7, 11) is 3.38. The highest BCUT2D eigenvalue weighted by atomic mass is 16.5. The van der Waals surface area contributed by atoms with Gasteiger partial charge in [0.1, 0.15) is 11.5 Å². The smallest absolute Gasteiger partial charge is 0.122 e. The van der Waals surface area contributed by atoms with Crippen molar-refractivity contribution in [3.05, 3.63) is 59.7 Å². The fourth-order valence-electron chi connectivity index (χ4n) is 2.55. The highest BCUT2D eigenvalue weighted by molar-refractivity contribution is 5.38. The monoisotopic (exact) mass is 284 g/mol. The first-order chi connectivity index (χ1) is 10.2. The number of aryl methyl sites for hydroxylation is 1. The number of methoxy groups -OCH3 is 2. The van der Waals surface area contributed by atoms with Gasteiger partial charge in [0, 0.05) is 6.07 Å². The van der Waals surface area contributed by atoms with Gasteiger partial charge in [0.25, 0.3) is 0 Å². The maximum Gasteiger partial charge on any atom is 0.122 e. The molecule has 2 heteroatoms. The van der Waals surface area contributed by atoms with Gasteiger partial charge in [-0.25, -0.2) is 0 Å². The largest absolute Gasteiger partial charge is 0.497 e. The van der Waals surface area contributed by atoms with E-state index in [-0.39, 0.29) is 0 Å². The van der Waals surface area contributed by atoms with Crippen molar-refractivity contribution in [1.29, 1.82) is 0 Å². The molecule has 0 spiro atoms. The van der Waals surface area contributed by atoms with Crippen molar-refractivity contribution in [1.82, 2.24) is 0 Å². The van der Waals surface area contributed by atoms with Crippen LogP contribution in [0.2, 0.25) is 0 Å². The standard InChI is InChI=1S/C19H24O2/c1-15(9-10-16-7-5-4-6-8-16)11-17-12-18(20-2)14-19(13-17)21-3/h4-8,12-15H,9-11H2,1-3H3. The van der Waals surface area contributed by atoms with Crippen LogP contribution in [0.25, 0.3) is 0 Å². The molecule has 0 saturated carbocycles. The molecule has 0 aliphatic carbocycles. The molecule has 0 aliphatic heterocycles. The molecular formula is C19H24O2. The predicted octanol–water partition coefficient (Wildman–Crippen LogP) is 4.52. The second-order valence-electron chi connectivity index (χ2n) is 5.55. The lowest BCUT2D eigenvalue weighted by Gasteiger charge is -2.13. The Hall–Kier alpha value is -1.96. The zero-order valence-corrected chi connectivity index (χ0v) is 13.1. The van der Waals surface area contributed by atoms with Crippen molar-refractivity contribution in [3.8, 4) is 11.5 Å². The Morgan fingerprint density at radius 1 is 0.857 bits per heavy atom. The van der Waals surface area contributed by atoms with Crippen LogP contribution in [0.3, 0.4) is 0 Å². The Morgan fingerprint density at radius 2 is 1.48 bits per heavy atom. The summed E-state index contributed by atoms with van der Waals surface area (Å²) < 4.78 is 10.7. The van der Waals surface area contributed by atoms with E-state index in [1.165, 1.54) is 17.5 Å². The Morgan fingerprint density at radius 3 is 2.05 bits per heavy atom. The van der Waals surface area contributed by atoms with Gasteiger partial charge in [-0.05, 0) is 48.4 Å². The summed E-state index contributed by atoms with van der Waals surface area (Å²) in [6, 6.07) is 16.8. The van der Waals surface area contributed by atoms with E-state index in [1.54, 1.807) is 14.2 Å². The molecule has 0 N–H and O–H groups in total. The number of benzene rings is 2. The van der Waals surface area contributed by atoms with E-state index in [0.29, 0.717) is 5.92 Å². The second-order valence-corrected chi connectivity index (χ2v) is 5.55. The van der Waals surface area contributed by atoms with Crippen molar-refractivity contribution >= 4 is 0 Å². The van der Waals surface area contributed by atoms with Gasteiger partial charge >= 0.3 is 0 Å². The average Bonchev–Trinajstić information content (AvgIpc) is 2.53. The third-order valence-corrected chi connectivity index (χ3v) is 3.76. The predicted molar refractivity (Wildman–Crippen MR) is 87.2 cm³/mol. The van der Waals surface area contributed by atoms with Crippen molar-refractivity contribution in [2.24, 2.45) is 5.92 Å². The van der Waals surface area contributed by atoms with Crippen molar-refractivity contribution < 1.29 is 9.47 Å². The zero-order chi connectivity index (χ0) is 15.1. The van der Waals surface area contributed by atoms with Crippen LogP contribution in [0.4, 0.5) is 0 Å². The summed E-state index contributed by atoms with van der Waals surface area (Å²) in [5.74, 6) is 2.35. The topological polar surface area (TPSA) is 18.5 Å². The van der Waals surface area contributed by atoms with Crippen LogP contribution in [-0.4, -0.2) is 14.2 Å². The molecule has 2 aromatic rings. The molecule has 0 aromatic heterocycles. The lowest BCUT2D eigenvalue weighted by molar-refractivity contribution is 0.392. The SMILES string of the molecule is COc1cc(CC(C)CCc2ccccc2)cc(OC)c1. The second kappa shape index (κ2) is 7.72. The van der Waals surface area contributed by atoms with E-state index in [4.69, 9.17) is 9.47 Å². The van der Waals surface area contributed by atoms with Gasteiger partial charge in [-0.15, -0.1) is 0 Å². The lowest BCUT2D eigenvalue weighted by Crippen LogP contribution is -2.02. The Bertz CT molecular complexity index is 526. The van der Waals surface area contributed by atoms with Crippen LogP contribution < -0.4 is 9.47 Å². The first-order valence-corrected chi connectivity index (χ1v) is 7.47. The molecule has 0 bridgehead atoms. The van der Waals surface area contributed by atoms with Gasteiger partial charge < -0.3 is 9.47 Å². The quantitative estimate of drug-likeness (QED) is 0.744. The summed E-state index contributed by atoms with van der Waals surface area (Å²) in [5.41, 5.74) is 2.68. The normalized spacial score (nSPS) is 12.0. The molecule has 2 nitrogen and oxygen atoms in total. The minimum Gasteiger partial charge on any atom is -0.497 e. The molecule has 2 aromatic carbocycles. The third-order valence-electron chi connectivity index (χ3n) is 3.76. The van der Waals surface area contributed by atoms with Crippen LogP contribution in [0.15, 0.2) is 48.5 Å². The minimum atomic E-state index is 0.627. The zero-order valence-electron chi connectivity index (χ0n) is 13.1. The molecular weight excluding hydrogens is 260 g/mol. The molecule has 0 saturated heterocycles. The maximum atomic E-state index is 5.33. The maximum absolute atomic E-state index is 5.33. The third kappa shape index (κ3) is 4.82. The molecule has 1 unspecified atom stereocenters. The Balaban J connectivity index is 1.94. The highest BCUT2D eigenvalue weighted by Gasteiger charge is 2.07. The van der Waals surface area contributed by atoms with Crippen LogP contribution in [0.5, 0.6) is 11.5 Å². The van der Waals surface area contributed by atoms with E-state index < -0.39 is 0 Å². The van der Waals surface area contributed by atoms with Crippen LogP contribution in [0.1, 0.15) is 24.5 Å². The Labute approximate surface area is 127 Å². The van der Waals surface area contributed by atoms with E-state index in [0.717, 1.165) is 24.3 Å². The summed E-state index contributed by atoms with van der Waals surface area (Å²) >= 11 is 0. The minimum absolute atomic E-state index is 0.627. The lowest BCUT2D eigenvalue weighted by atomic mass is 9.94. The van der Waals surface area contributed by atoms with Gasteiger partial charge in [0.15, 0.2) is 0 Å². The van der Waals surface area contributed by atoms with E-state index in [1.807, 2.05) is 6.07 Å².